The standard InChI is InChI=1S/C24H47NO2/c1-23(2,3)22(26)15-13-11-9-7-8-10-12-14-17-25-18-16-21(19-25)20-27-24(4,5)6/h21H,7-20H2,1-6H3. The fourth-order valence-electron chi connectivity index (χ4n) is 3.68. The van der Waals surface area contributed by atoms with Gasteiger partial charge < -0.3 is 9.64 Å². The number of nitrogens with zero attached hydrogens (tertiary/aromatic N) is 1. The van der Waals surface area contributed by atoms with Gasteiger partial charge in [0.1, 0.15) is 5.78 Å². The molecule has 0 saturated carbocycles. The molecule has 0 aromatic carbocycles. The zero-order chi connectivity index (χ0) is 20.3. The van der Waals surface area contributed by atoms with Crippen LogP contribution >= 0.6 is 0 Å². The van der Waals surface area contributed by atoms with Gasteiger partial charge in [-0.25, -0.2) is 0 Å². The van der Waals surface area contributed by atoms with E-state index in [9.17, 15) is 4.79 Å². The number of ether oxygens (including phenoxy) is 1. The monoisotopic (exact) mass is 381 g/mol. The van der Waals surface area contributed by atoms with Crippen LogP contribution in [0, 0.1) is 11.3 Å². The number of carbonyl (C=O) groups excluding carboxylic acids is 1. The first-order chi connectivity index (χ1) is 12.6. The molecular formula is C24H47NO2. The van der Waals surface area contributed by atoms with Crippen LogP contribution in [0.4, 0.5) is 0 Å². The maximum atomic E-state index is 11.9. The molecule has 0 bridgehead atoms. The van der Waals surface area contributed by atoms with Crippen molar-refractivity contribution in [1.82, 2.24) is 4.90 Å². The lowest BCUT2D eigenvalue weighted by Gasteiger charge is -2.22. The second-order valence-electron chi connectivity index (χ2n) is 10.6. The van der Waals surface area contributed by atoms with E-state index in [4.69, 9.17) is 4.74 Å². The maximum Gasteiger partial charge on any atom is 0.138 e. The Morgan fingerprint density at radius 1 is 0.889 bits per heavy atom. The number of carbonyl (C=O) groups is 1. The van der Waals surface area contributed by atoms with E-state index in [1.165, 1.54) is 71.0 Å². The van der Waals surface area contributed by atoms with Gasteiger partial charge in [0.05, 0.1) is 12.2 Å². The molecule has 1 heterocycles. The minimum atomic E-state index is -0.158. The number of ketones is 1. The highest BCUT2D eigenvalue weighted by Gasteiger charge is 2.24. The third-order valence-corrected chi connectivity index (χ3v) is 5.59. The van der Waals surface area contributed by atoms with E-state index in [0.29, 0.717) is 5.78 Å². The molecular weight excluding hydrogens is 334 g/mol. The van der Waals surface area contributed by atoms with Crippen molar-refractivity contribution in [2.45, 2.75) is 111 Å². The van der Waals surface area contributed by atoms with Crippen molar-refractivity contribution in [2.75, 3.05) is 26.2 Å². The molecule has 0 amide bonds. The first-order valence-corrected chi connectivity index (χ1v) is 11.5. The molecule has 1 aliphatic rings. The molecule has 1 unspecified atom stereocenters. The van der Waals surface area contributed by atoms with Crippen LogP contribution in [0.1, 0.15) is 106 Å². The van der Waals surface area contributed by atoms with E-state index in [1.54, 1.807) is 0 Å². The molecule has 1 atom stereocenters. The van der Waals surface area contributed by atoms with E-state index in [0.717, 1.165) is 25.4 Å². The SMILES string of the molecule is CC(C)(C)OCC1CCN(CCCCCCCCCCC(=O)C(C)(C)C)C1. The van der Waals surface area contributed by atoms with Crippen molar-refractivity contribution < 1.29 is 9.53 Å². The molecule has 0 spiro atoms. The first kappa shape index (κ1) is 24.6. The normalized spacial score (nSPS) is 19.0. The van der Waals surface area contributed by atoms with Crippen LogP contribution in [0.25, 0.3) is 0 Å². The predicted octanol–water partition coefficient (Wildman–Crippen LogP) is 6.25. The molecule has 27 heavy (non-hydrogen) atoms. The molecule has 3 nitrogen and oxygen atoms in total. The zero-order valence-corrected chi connectivity index (χ0v) is 19.2. The lowest BCUT2D eigenvalue weighted by Crippen LogP contribution is -2.26. The molecule has 1 aliphatic heterocycles. The summed E-state index contributed by atoms with van der Waals surface area (Å²) in [6.07, 6.45) is 12.4. The minimum Gasteiger partial charge on any atom is -0.376 e. The summed E-state index contributed by atoms with van der Waals surface area (Å²) in [6, 6.07) is 0. The molecule has 160 valence electrons. The van der Waals surface area contributed by atoms with E-state index in [2.05, 4.69) is 25.7 Å². The second-order valence-corrected chi connectivity index (χ2v) is 10.6. The van der Waals surface area contributed by atoms with Gasteiger partial charge in [0, 0.05) is 18.4 Å². The van der Waals surface area contributed by atoms with Crippen LogP contribution in [0.5, 0.6) is 0 Å². The molecule has 0 radical (unpaired) electrons. The number of unbranched alkanes of at least 4 members (excludes halogenated alkanes) is 7. The third kappa shape index (κ3) is 12.6. The highest BCUT2D eigenvalue weighted by Crippen LogP contribution is 2.21. The molecule has 3 heteroatoms. The molecule has 1 fully saturated rings. The highest BCUT2D eigenvalue weighted by atomic mass is 16.5. The van der Waals surface area contributed by atoms with E-state index in [-0.39, 0.29) is 11.0 Å². The molecule has 1 rings (SSSR count). The average Bonchev–Trinajstić information content (AvgIpc) is 3.01. The van der Waals surface area contributed by atoms with Gasteiger partial charge >= 0.3 is 0 Å². The number of hydrogen-bond acceptors (Lipinski definition) is 3. The Morgan fingerprint density at radius 3 is 2.00 bits per heavy atom. The van der Waals surface area contributed by atoms with Gasteiger partial charge in [-0.1, -0.05) is 59.3 Å². The van der Waals surface area contributed by atoms with Crippen molar-refractivity contribution >= 4 is 5.78 Å². The Kier molecular flexibility index (Phi) is 11.1. The summed E-state index contributed by atoms with van der Waals surface area (Å²) < 4.78 is 5.94. The highest BCUT2D eigenvalue weighted by molar-refractivity contribution is 5.83. The Bertz CT molecular complexity index is 406. The molecule has 0 aromatic heterocycles. The van der Waals surface area contributed by atoms with Gasteiger partial charge in [0.25, 0.3) is 0 Å². The first-order valence-electron chi connectivity index (χ1n) is 11.5. The van der Waals surface area contributed by atoms with Crippen molar-refractivity contribution in [3.63, 3.8) is 0 Å². The molecule has 0 aliphatic carbocycles. The fraction of sp³-hybridized carbons (Fsp3) is 0.958. The van der Waals surface area contributed by atoms with Crippen LogP contribution in [0.15, 0.2) is 0 Å². The summed E-state index contributed by atoms with van der Waals surface area (Å²) >= 11 is 0. The second kappa shape index (κ2) is 12.2. The summed E-state index contributed by atoms with van der Waals surface area (Å²) in [5, 5.41) is 0. The molecule has 1 saturated heterocycles. The van der Waals surface area contributed by atoms with Crippen LogP contribution in [-0.4, -0.2) is 42.5 Å². The average molecular weight is 382 g/mol. The lowest BCUT2D eigenvalue weighted by atomic mass is 9.88. The summed E-state index contributed by atoms with van der Waals surface area (Å²) in [5.41, 5.74) is -0.162. The summed E-state index contributed by atoms with van der Waals surface area (Å²) in [5.74, 6) is 1.14. The lowest BCUT2D eigenvalue weighted by molar-refractivity contribution is -0.126. The summed E-state index contributed by atoms with van der Waals surface area (Å²) in [6.45, 7) is 17.2. The Labute approximate surface area is 169 Å². The Morgan fingerprint density at radius 2 is 1.44 bits per heavy atom. The molecule has 0 N–H and O–H groups in total. The van der Waals surface area contributed by atoms with Crippen molar-refractivity contribution in [3.05, 3.63) is 0 Å². The van der Waals surface area contributed by atoms with Crippen molar-refractivity contribution in [2.24, 2.45) is 11.3 Å². The minimum absolute atomic E-state index is 0.00442. The largest absolute Gasteiger partial charge is 0.376 e. The number of likely N-dealkylation sites (tertiary alicyclic amines) is 1. The van der Waals surface area contributed by atoms with Crippen LogP contribution in [-0.2, 0) is 9.53 Å². The van der Waals surface area contributed by atoms with Crippen LogP contribution in [0.3, 0.4) is 0 Å². The topological polar surface area (TPSA) is 29.5 Å². The zero-order valence-electron chi connectivity index (χ0n) is 19.2. The number of rotatable bonds is 13. The van der Waals surface area contributed by atoms with Gasteiger partial charge in [0.15, 0.2) is 0 Å². The van der Waals surface area contributed by atoms with E-state index >= 15 is 0 Å². The van der Waals surface area contributed by atoms with Crippen LogP contribution < -0.4 is 0 Å². The van der Waals surface area contributed by atoms with E-state index in [1.807, 2.05) is 20.8 Å². The number of Topliss-reactive ketones (excluding diaryl/α,β-unsaturated/α-hetero) is 1. The van der Waals surface area contributed by atoms with Crippen LogP contribution in [0.2, 0.25) is 0 Å². The van der Waals surface area contributed by atoms with Crippen molar-refractivity contribution in [1.29, 1.82) is 0 Å². The number of hydrogen-bond donors (Lipinski definition) is 0. The molecule has 0 aromatic rings. The van der Waals surface area contributed by atoms with E-state index < -0.39 is 0 Å². The summed E-state index contributed by atoms with van der Waals surface area (Å²) in [7, 11) is 0. The quantitative estimate of drug-likeness (QED) is 0.353. The summed E-state index contributed by atoms with van der Waals surface area (Å²) in [4.78, 5) is 14.5. The smallest absolute Gasteiger partial charge is 0.138 e. The van der Waals surface area contributed by atoms with Gasteiger partial charge in [-0.2, -0.15) is 0 Å². The predicted molar refractivity (Wildman–Crippen MR) is 116 cm³/mol. The fourth-order valence-corrected chi connectivity index (χ4v) is 3.68. The third-order valence-electron chi connectivity index (χ3n) is 5.59. The van der Waals surface area contributed by atoms with Gasteiger partial charge in [-0.05, 0) is 59.0 Å². The maximum absolute atomic E-state index is 11.9. The van der Waals surface area contributed by atoms with Gasteiger partial charge in [0.2, 0.25) is 0 Å². The van der Waals surface area contributed by atoms with Crippen molar-refractivity contribution in [3.8, 4) is 0 Å². The van der Waals surface area contributed by atoms with Gasteiger partial charge in [-0.3, -0.25) is 4.79 Å². The van der Waals surface area contributed by atoms with Gasteiger partial charge in [-0.15, -0.1) is 0 Å². The Hall–Kier alpha value is -0.410. The Balaban J connectivity index is 1.89.